The third-order valence-corrected chi connectivity index (χ3v) is 3.55. The van der Waals surface area contributed by atoms with Gasteiger partial charge in [-0.15, -0.1) is 11.3 Å². The van der Waals surface area contributed by atoms with Crippen molar-refractivity contribution in [2.75, 3.05) is 0 Å². The number of hydrogen-bond donors (Lipinski definition) is 2. The summed E-state index contributed by atoms with van der Waals surface area (Å²) < 4.78 is 0. The van der Waals surface area contributed by atoms with Crippen molar-refractivity contribution in [2.24, 2.45) is 5.73 Å². The molecule has 0 aliphatic heterocycles. The Hall–Kier alpha value is -2.40. The molecule has 2 aromatic rings. The molecule has 0 bridgehead atoms. The Morgan fingerprint density at radius 3 is 2.55 bits per heavy atom. The summed E-state index contributed by atoms with van der Waals surface area (Å²) in [7, 11) is 0. The minimum absolute atomic E-state index is 0.0840. The zero-order valence-electron chi connectivity index (χ0n) is 10.9. The molecule has 4 nitrogen and oxygen atoms in total. The first-order valence-electron chi connectivity index (χ1n) is 6.00. The fourth-order valence-corrected chi connectivity index (χ4v) is 2.36. The highest BCUT2D eigenvalue weighted by atomic mass is 32.1. The third-order valence-electron chi connectivity index (χ3n) is 2.73. The van der Waals surface area contributed by atoms with E-state index in [9.17, 15) is 9.59 Å². The van der Waals surface area contributed by atoms with Crippen LogP contribution >= 0.6 is 11.3 Å². The van der Waals surface area contributed by atoms with Crippen molar-refractivity contribution in [3.05, 3.63) is 63.5 Å². The second-order valence-corrected chi connectivity index (χ2v) is 5.19. The van der Waals surface area contributed by atoms with Crippen molar-refractivity contribution < 1.29 is 9.59 Å². The van der Waals surface area contributed by atoms with Crippen LogP contribution in [0, 0.1) is 6.92 Å². The van der Waals surface area contributed by atoms with Crippen molar-refractivity contribution in [1.82, 2.24) is 5.32 Å². The highest BCUT2D eigenvalue weighted by Crippen LogP contribution is 2.13. The Morgan fingerprint density at radius 2 is 1.95 bits per heavy atom. The van der Waals surface area contributed by atoms with Crippen LogP contribution in [0.1, 0.15) is 20.8 Å². The van der Waals surface area contributed by atoms with E-state index in [1.807, 2.05) is 36.6 Å². The van der Waals surface area contributed by atoms with Crippen molar-refractivity contribution in [1.29, 1.82) is 0 Å². The van der Waals surface area contributed by atoms with E-state index < -0.39 is 5.91 Å². The molecule has 0 aliphatic rings. The van der Waals surface area contributed by atoms with Gasteiger partial charge >= 0.3 is 0 Å². The first-order valence-corrected chi connectivity index (χ1v) is 6.88. The van der Waals surface area contributed by atoms with Crippen LogP contribution in [0.3, 0.4) is 0 Å². The summed E-state index contributed by atoms with van der Waals surface area (Å²) >= 11 is 1.46. The molecule has 0 saturated carbocycles. The summed E-state index contributed by atoms with van der Waals surface area (Å²) in [4.78, 5) is 24.4. The molecule has 0 unspecified atom stereocenters. The van der Waals surface area contributed by atoms with E-state index in [0.29, 0.717) is 5.56 Å². The van der Waals surface area contributed by atoms with Gasteiger partial charge in [0.2, 0.25) is 0 Å². The van der Waals surface area contributed by atoms with Crippen molar-refractivity contribution in [3.8, 4) is 0 Å². The van der Waals surface area contributed by atoms with E-state index in [2.05, 4.69) is 5.32 Å². The Kier molecular flexibility index (Phi) is 4.32. The van der Waals surface area contributed by atoms with Gasteiger partial charge in [-0.25, -0.2) is 0 Å². The van der Waals surface area contributed by atoms with Gasteiger partial charge in [-0.05, 0) is 36.1 Å². The predicted octanol–water partition coefficient (Wildman–Crippen LogP) is 2.31. The van der Waals surface area contributed by atoms with Gasteiger partial charge in [-0.3, -0.25) is 9.59 Å². The van der Waals surface area contributed by atoms with Gasteiger partial charge in [0.1, 0.15) is 5.70 Å². The van der Waals surface area contributed by atoms with Gasteiger partial charge in [0.05, 0.1) is 0 Å². The van der Waals surface area contributed by atoms with Crippen molar-refractivity contribution in [3.63, 3.8) is 0 Å². The second kappa shape index (κ2) is 6.16. The van der Waals surface area contributed by atoms with E-state index in [1.165, 1.54) is 11.3 Å². The van der Waals surface area contributed by atoms with Gasteiger partial charge in [0.25, 0.3) is 11.8 Å². The summed E-state index contributed by atoms with van der Waals surface area (Å²) in [6.07, 6.45) is 1.57. The average molecular weight is 286 g/mol. The molecule has 0 saturated heterocycles. The monoisotopic (exact) mass is 286 g/mol. The molecule has 2 rings (SSSR count). The molecular weight excluding hydrogens is 272 g/mol. The molecule has 0 fully saturated rings. The molecule has 1 aromatic carbocycles. The number of nitrogens with two attached hydrogens (primary N) is 1. The molecule has 2 amide bonds. The zero-order chi connectivity index (χ0) is 14.5. The Balaban J connectivity index is 2.24. The summed E-state index contributed by atoms with van der Waals surface area (Å²) in [6.45, 7) is 1.84. The first-order chi connectivity index (χ1) is 9.58. The lowest BCUT2D eigenvalue weighted by atomic mass is 10.1. The number of amides is 2. The van der Waals surface area contributed by atoms with Crippen LogP contribution < -0.4 is 11.1 Å². The number of aryl methyl sites for hydroxylation is 1. The fraction of sp³-hybridized carbons (Fsp3) is 0.0667. The molecule has 0 spiro atoms. The molecule has 1 heterocycles. The topological polar surface area (TPSA) is 72.2 Å². The molecule has 5 heteroatoms. The van der Waals surface area contributed by atoms with E-state index in [0.717, 1.165) is 10.4 Å². The fourth-order valence-electron chi connectivity index (χ4n) is 1.70. The Morgan fingerprint density at radius 1 is 1.20 bits per heavy atom. The van der Waals surface area contributed by atoms with Gasteiger partial charge < -0.3 is 11.1 Å². The maximum absolute atomic E-state index is 12.2. The zero-order valence-corrected chi connectivity index (χ0v) is 11.7. The van der Waals surface area contributed by atoms with Gasteiger partial charge in [-0.1, -0.05) is 24.3 Å². The molecule has 1 aromatic heterocycles. The number of primary amides is 1. The maximum atomic E-state index is 12.2. The van der Waals surface area contributed by atoms with E-state index in [-0.39, 0.29) is 11.6 Å². The van der Waals surface area contributed by atoms with Crippen LogP contribution in [0.15, 0.2) is 47.5 Å². The minimum Gasteiger partial charge on any atom is -0.364 e. The molecule has 3 N–H and O–H groups in total. The molecule has 20 heavy (non-hydrogen) atoms. The molecule has 0 atom stereocenters. The number of hydrogen-bond acceptors (Lipinski definition) is 3. The lowest BCUT2D eigenvalue weighted by Gasteiger charge is -2.08. The van der Waals surface area contributed by atoms with E-state index >= 15 is 0 Å². The number of thiophene rings is 1. The number of carbonyl (C=O) groups excluding carboxylic acids is 2. The van der Waals surface area contributed by atoms with Crippen LogP contribution in [-0.4, -0.2) is 11.8 Å². The van der Waals surface area contributed by atoms with Crippen LogP contribution in [0.25, 0.3) is 6.08 Å². The number of nitrogens with one attached hydrogen (secondary N) is 1. The first kappa shape index (κ1) is 14.0. The van der Waals surface area contributed by atoms with Gasteiger partial charge in [-0.2, -0.15) is 0 Å². The normalized spacial score (nSPS) is 11.2. The van der Waals surface area contributed by atoms with Crippen LogP contribution in [0.4, 0.5) is 0 Å². The highest BCUT2D eigenvalue weighted by Gasteiger charge is 2.13. The summed E-state index contributed by atoms with van der Waals surface area (Å²) in [5.74, 6) is -1.01. The second-order valence-electron chi connectivity index (χ2n) is 4.21. The molecule has 0 aliphatic carbocycles. The molecule has 102 valence electrons. The highest BCUT2D eigenvalue weighted by molar-refractivity contribution is 7.10. The predicted molar refractivity (Wildman–Crippen MR) is 80.1 cm³/mol. The van der Waals surface area contributed by atoms with Crippen LogP contribution in [0.2, 0.25) is 0 Å². The number of carbonyl (C=O) groups is 2. The van der Waals surface area contributed by atoms with Gasteiger partial charge in [0, 0.05) is 10.4 Å². The Bertz CT molecular complexity index is 660. The summed E-state index contributed by atoms with van der Waals surface area (Å²) in [5.41, 5.74) is 6.74. The lowest BCUT2D eigenvalue weighted by Crippen LogP contribution is -2.31. The largest absolute Gasteiger partial charge is 0.364 e. The average Bonchev–Trinajstić information content (AvgIpc) is 2.91. The molecular formula is C15H14N2O2S. The SMILES string of the molecule is Cc1ccccc1C(=O)N/C(=C\c1cccs1)C(N)=O. The number of rotatable bonds is 4. The van der Waals surface area contributed by atoms with Crippen LogP contribution in [0.5, 0.6) is 0 Å². The molecule has 0 radical (unpaired) electrons. The minimum atomic E-state index is -0.666. The smallest absolute Gasteiger partial charge is 0.265 e. The van der Waals surface area contributed by atoms with E-state index in [1.54, 1.807) is 18.2 Å². The Labute approximate surface area is 120 Å². The van der Waals surface area contributed by atoms with E-state index in [4.69, 9.17) is 5.73 Å². The van der Waals surface area contributed by atoms with Crippen molar-refractivity contribution >= 4 is 29.2 Å². The maximum Gasteiger partial charge on any atom is 0.265 e. The van der Waals surface area contributed by atoms with Crippen LogP contribution in [-0.2, 0) is 4.79 Å². The summed E-state index contributed by atoms with van der Waals surface area (Å²) in [5, 5.41) is 4.45. The third kappa shape index (κ3) is 3.33. The van der Waals surface area contributed by atoms with Crippen molar-refractivity contribution in [2.45, 2.75) is 6.92 Å². The quantitative estimate of drug-likeness (QED) is 0.847. The number of benzene rings is 1. The summed E-state index contributed by atoms with van der Waals surface area (Å²) in [6, 6.07) is 10.9. The lowest BCUT2D eigenvalue weighted by molar-refractivity contribution is -0.114. The van der Waals surface area contributed by atoms with Gasteiger partial charge in [0.15, 0.2) is 0 Å². The standard InChI is InChI=1S/C15H14N2O2S/c1-10-5-2-3-7-12(10)15(19)17-13(14(16)18)9-11-6-4-8-20-11/h2-9H,1H3,(H2,16,18)(H,17,19)/b13-9-.